The van der Waals surface area contributed by atoms with Crippen molar-refractivity contribution in [3.8, 4) is 5.75 Å². The van der Waals surface area contributed by atoms with E-state index in [0.717, 1.165) is 17.0 Å². The molecule has 0 aliphatic rings. The molecule has 2 aromatic carbocycles. The average Bonchev–Trinajstić information content (AvgIpc) is 2.67. The second-order valence-electron chi connectivity index (χ2n) is 5.37. The smallest absolute Gasteiger partial charge is 0.144 e. The summed E-state index contributed by atoms with van der Waals surface area (Å²) in [5.74, 6) is 1.58. The molecule has 7 heteroatoms. The van der Waals surface area contributed by atoms with Crippen LogP contribution in [0.3, 0.4) is 0 Å². The second-order valence-corrected chi connectivity index (χ2v) is 5.37. The Morgan fingerprint density at radius 3 is 2.77 bits per heavy atom. The van der Waals surface area contributed by atoms with Gasteiger partial charge in [0.2, 0.25) is 0 Å². The molecule has 0 saturated carbocycles. The maximum absolute atomic E-state index is 5.90. The number of nitrogen functional groups attached to an aromatic ring is 1. The maximum atomic E-state index is 5.90. The minimum Gasteiger partial charge on any atom is -0.489 e. The molecule has 0 atom stereocenters. The van der Waals surface area contributed by atoms with Gasteiger partial charge in [0, 0.05) is 11.8 Å². The first-order valence-electron chi connectivity index (χ1n) is 7.97. The monoisotopic (exact) mass is 349 g/mol. The number of rotatable bonds is 7. The summed E-state index contributed by atoms with van der Waals surface area (Å²) in [5, 5.41) is 6.94. The van der Waals surface area contributed by atoms with Crippen molar-refractivity contribution in [3.63, 3.8) is 0 Å². The molecule has 0 unspecified atom stereocenters. The van der Waals surface area contributed by atoms with Crippen molar-refractivity contribution in [1.82, 2.24) is 9.97 Å². The van der Waals surface area contributed by atoms with Gasteiger partial charge in [0.05, 0.1) is 11.8 Å². The van der Waals surface area contributed by atoms with E-state index in [4.69, 9.17) is 15.3 Å². The van der Waals surface area contributed by atoms with Crippen LogP contribution in [0.2, 0.25) is 0 Å². The number of anilines is 3. The van der Waals surface area contributed by atoms with E-state index in [9.17, 15) is 0 Å². The Hall–Kier alpha value is -3.61. The van der Waals surface area contributed by atoms with Gasteiger partial charge in [0.25, 0.3) is 0 Å². The van der Waals surface area contributed by atoms with E-state index in [2.05, 4.69) is 20.4 Å². The number of hydrogen-bond donors (Lipinski definition) is 2. The summed E-state index contributed by atoms with van der Waals surface area (Å²) < 4.78 is 5.85. The second kappa shape index (κ2) is 8.48. The highest BCUT2D eigenvalue weighted by Gasteiger charge is 2.08. The molecule has 26 heavy (non-hydrogen) atoms. The molecule has 7 nitrogen and oxygen atoms in total. The molecule has 0 bridgehead atoms. The molecule has 0 spiro atoms. The molecule has 3 aromatic rings. The Labute approximate surface area is 151 Å². The lowest BCUT2D eigenvalue weighted by Crippen LogP contribution is -2.05. The van der Waals surface area contributed by atoms with E-state index in [1.807, 2.05) is 54.6 Å². The summed E-state index contributed by atoms with van der Waals surface area (Å²) in [7, 11) is 1.46. The third-order valence-electron chi connectivity index (χ3n) is 3.55. The third kappa shape index (κ3) is 4.47. The first kappa shape index (κ1) is 17.2. The van der Waals surface area contributed by atoms with Gasteiger partial charge in [-0.15, -0.1) is 0 Å². The fourth-order valence-corrected chi connectivity index (χ4v) is 2.28. The van der Waals surface area contributed by atoms with Crippen LogP contribution in [0, 0.1) is 0 Å². The van der Waals surface area contributed by atoms with Crippen molar-refractivity contribution in [1.29, 1.82) is 0 Å². The number of benzene rings is 2. The molecule has 3 rings (SSSR count). The van der Waals surface area contributed by atoms with E-state index in [0.29, 0.717) is 23.8 Å². The van der Waals surface area contributed by atoms with Gasteiger partial charge in [-0.05, 0) is 17.7 Å². The van der Waals surface area contributed by atoms with E-state index in [1.54, 1.807) is 0 Å². The first-order chi connectivity index (χ1) is 12.8. The molecule has 0 radical (unpaired) electrons. The zero-order chi connectivity index (χ0) is 18.2. The van der Waals surface area contributed by atoms with Gasteiger partial charge in [0.15, 0.2) is 0 Å². The van der Waals surface area contributed by atoms with Crippen LogP contribution in [0.15, 0.2) is 66.1 Å². The normalized spacial score (nSPS) is 10.7. The largest absolute Gasteiger partial charge is 0.489 e. The number of hydrogen-bond acceptors (Lipinski definition) is 7. The van der Waals surface area contributed by atoms with Crippen LogP contribution >= 0.6 is 0 Å². The first-order valence-corrected chi connectivity index (χ1v) is 7.97. The summed E-state index contributed by atoms with van der Waals surface area (Å²) in [6, 6.07) is 17.6. The van der Waals surface area contributed by atoms with Crippen LogP contribution < -0.4 is 15.8 Å². The summed E-state index contributed by atoms with van der Waals surface area (Å²) in [5.41, 5.74) is 8.35. The summed E-state index contributed by atoms with van der Waals surface area (Å²) in [6.07, 6.45) is 2.85. The number of oxime groups is 1. The number of ether oxygens (including phenoxy) is 1. The molecule has 0 aliphatic heterocycles. The highest BCUT2D eigenvalue weighted by molar-refractivity contribution is 5.92. The highest BCUT2D eigenvalue weighted by Crippen LogP contribution is 2.24. The predicted molar refractivity (Wildman–Crippen MR) is 102 cm³/mol. The predicted octanol–water partition coefficient (Wildman–Crippen LogP) is 3.36. The van der Waals surface area contributed by atoms with E-state index < -0.39 is 0 Å². The number of nitrogens with one attached hydrogen (secondary N) is 1. The van der Waals surface area contributed by atoms with Crippen LogP contribution in [0.4, 0.5) is 17.3 Å². The molecular formula is C19H19N5O2. The Morgan fingerprint density at radius 2 is 1.96 bits per heavy atom. The Balaban J connectivity index is 1.75. The molecule has 1 aromatic heterocycles. The van der Waals surface area contributed by atoms with Crippen LogP contribution in [-0.2, 0) is 11.4 Å². The van der Waals surface area contributed by atoms with Crippen molar-refractivity contribution >= 4 is 23.5 Å². The quantitative estimate of drug-likeness (QED) is 0.502. The molecule has 1 heterocycles. The van der Waals surface area contributed by atoms with Gasteiger partial charge >= 0.3 is 0 Å². The lowest BCUT2D eigenvalue weighted by Gasteiger charge is -2.11. The van der Waals surface area contributed by atoms with E-state index >= 15 is 0 Å². The lowest BCUT2D eigenvalue weighted by atomic mass is 10.2. The van der Waals surface area contributed by atoms with Gasteiger partial charge in [-0.2, -0.15) is 0 Å². The summed E-state index contributed by atoms with van der Waals surface area (Å²) in [4.78, 5) is 12.9. The van der Waals surface area contributed by atoms with Crippen LogP contribution in [0.5, 0.6) is 5.75 Å². The van der Waals surface area contributed by atoms with Crippen LogP contribution in [0.25, 0.3) is 0 Å². The van der Waals surface area contributed by atoms with Crippen LogP contribution in [0.1, 0.15) is 11.1 Å². The maximum Gasteiger partial charge on any atom is 0.144 e. The zero-order valence-electron chi connectivity index (χ0n) is 14.3. The van der Waals surface area contributed by atoms with E-state index in [1.165, 1.54) is 19.7 Å². The molecule has 132 valence electrons. The van der Waals surface area contributed by atoms with Crippen molar-refractivity contribution in [2.45, 2.75) is 6.61 Å². The van der Waals surface area contributed by atoms with Gasteiger partial charge < -0.3 is 20.6 Å². The minimum atomic E-state index is 0.305. The van der Waals surface area contributed by atoms with Gasteiger partial charge in [-0.25, -0.2) is 9.97 Å². The molecule has 3 N–H and O–H groups in total. The Bertz CT molecular complexity index is 884. The zero-order valence-corrected chi connectivity index (χ0v) is 14.3. The van der Waals surface area contributed by atoms with Gasteiger partial charge in [0.1, 0.15) is 37.4 Å². The molecule has 0 fully saturated rings. The number of nitrogens with zero attached hydrogens (tertiary/aromatic N) is 3. The number of aromatic nitrogens is 2. The molecule has 0 amide bonds. The Kier molecular flexibility index (Phi) is 5.61. The van der Waals surface area contributed by atoms with Gasteiger partial charge in [-0.3, -0.25) is 0 Å². The van der Waals surface area contributed by atoms with Crippen molar-refractivity contribution < 1.29 is 9.57 Å². The van der Waals surface area contributed by atoms with Crippen LogP contribution in [-0.4, -0.2) is 23.3 Å². The minimum absolute atomic E-state index is 0.305. The molecule has 0 aliphatic carbocycles. The standard InChI is InChI=1S/C19H19N5O2/c1-25-23-11-17-18(20)21-13-22-19(17)24-15-8-5-9-16(10-15)26-12-14-6-3-2-4-7-14/h2-11,13H,12H2,1H3,(H3,20,21,22,24)/b23-11+. The third-order valence-corrected chi connectivity index (χ3v) is 3.55. The topological polar surface area (TPSA) is 94.7 Å². The molecular weight excluding hydrogens is 330 g/mol. The lowest BCUT2D eigenvalue weighted by molar-refractivity contribution is 0.215. The van der Waals surface area contributed by atoms with Crippen molar-refractivity contribution in [3.05, 3.63) is 72.1 Å². The number of nitrogens with two attached hydrogens (primary N) is 1. The Morgan fingerprint density at radius 1 is 1.12 bits per heavy atom. The average molecular weight is 349 g/mol. The van der Waals surface area contributed by atoms with Crippen molar-refractivity contribution in [2.75, 3.05) is 18.2 Å². The van der Waals surface area contributed by atoms with Gasteiger partial charge in [-0.1, -0.05) is 41.6 Å². The molecule has 0 saturated heterocycles. The SMILES string of the molecule is CO/N=C/c1c(N)ncnc1Nc1cccc(OCc2ccccc2)c1. The van der Waals surface area contributed by atoms with Crippen molar-refractivity contribution in [2.24, 2.45) is 5.16 Å². The fraction of sp³-hybridized carbons (Fsp3) is 0.105. The highest BCUT2D eigenvalue weighted by atomic mass is 16.6. The van der Waals surface area contributed by atoms with E-state index in [-0.39, 0.29) is 0 Å². The summed E-state index contributed by atoms with van der Waals surface area (Å²) in [6.45, 7) is 0.497. The summed E-state index contributed by atoms with van der Waals surface area (Å²) >= 11 is 0. The fourth-order valence-electron chi connectivity index (χ4n) is 2.28.